The minimum atomic E-state index is -3.48. The molecule has 14 heavy (non-hydrogen) atoms. The molecule has 0 spiro atoms. The van der Waals surface area contributed by atoms with Crippen molar-refractivity contribution in [2.24, 2.45) is 0 Å². The second-order valence-corrected chi connectivity index (χ2v) is 5.84. The highest BCUT2D eigenvalue weighted by Gasteiger charge is 2.09. The van der Waals surface area contributed by atoms with Gasteiger partial charge in [-0.05, 0) is 17.5 Å². The number of rotatable bonds is 2. The van der Waals surface area contributed by atoms with Crippen LogP contribution in [0.5, 0.6) is 0 Å². The first kappa shape index (κ1) is 9.55. The first-order valence-electron chi connectivity index (χ1n) is 4.03. The fourth-order valence-electron chi connectivity index (χ4n) is 1.40. The highest BCUT2D eigenvalue weighted by Crippen LogP contribution is 2.17. The summed E-state index contributed by atoms with van der Waals surface area (Å²) >= 11 is 0. The Morgan fingerprint density at radius 3 is 2.64 bits per heavy atom. The van der Waals surface area contributed by atoms with Gasteiger partial charge in [0.15, 0.2) is 0 Å². The fourth-order valence-corrected chi connectivity index (χ4v) is 2.28. The third-order valence-electron chi connectivity index (χ3n) is 1.91. The van der Waals surface area contributed by atoms with Crippen molar-refractivity contribution >= 4 is 30.6 Å². The molecule has 1 aromatic heterocycles. The molecule has 0 aliphatic rings. The standard InChI is InChI=1S/C9H8ClNO2S/c10-14(12,13)6-8-5-7-3-1-2-4-9(7)11-8/h1-5,11H,6H2. The SMILES string of the molecule is O=S(=O)(Cl)Cc1cc2ccccc2[nH]1. The van der Waals surface area contributed by atoms with Gasteiger partial charge in [0.2, 0.25) is 9.05 Å². The van der Waals surface area contributed by atoms with Crippen LogP contribution in [0, 0.1) is 0 Å². The van der Waals surface area contributed by atoms with E-state index in [9.17, 15) is 8.42 Å². The lowest BCUT2D eigenvalue weighted by Crippen LogP contribution is -1.94. The molecule has 74 valence electrons. The number of aromatic amines is 1. The molecule has 0 amide bonds. The molecule has 0 aliphatic carbocycles. The zero-order valence-electron chi connectivity index (χ0n) is 7.20. The van der Waals surface area contributed by atoms with Gasteiger partial charge in [-0.25, -0.2) is 8.42 Å². The summed E-state index contributed by atoms with van der Waals surface area (Å²) < 4.78 is 21.6. The molecule has 0 radical (unpaired) electrons. The largest absolute Gasteiger partial charge is 0.358 e. The Bertz CT molecular complexity index is 526. The van der Waals surface area contributed by atoms with Crippen molar-refractivity contribution in [1.29, 1.82) is 0 Å². The number of para-hydroxylation sites is 1. The predicted octanol–water partition coefficient (Wildman–Crippen LogP) is 2.24. The summed E-state index contributed by atoms with van der Waals surface area (Å²) in [6, 6.07) is 9.37. The number of hydrogen-bond donors (Lipinski definition) is 1. The number of nitrogens with one attached hydrogen (secondary N) is 1. The van der Waals surface area contributed by atoms with Crippen LogP contribution >= 0.6 is 10.7 Å². The molecule has 1 heterocycles. The van der Waals surface area contributed by atoms with E-state index in [4.69, 9.17) is 10.7 Å². The van der Waals surface area contributed by atoms with Crippen molar-refractivity contribution < 1.29 is 8.42 Å². The topological polar surface area (TPSA) is 49.9 Å². The molecule has 3 nitrogen and oxygen atoms in total. The Hall–Kier alpha value is -1.00. The molecule has 2 aromatic rings. The monoisotopic (exact) mass is 229 g/mol. The van der Waals surface area contributed by atoms with Gasteiger partial charge in [0.1, 0.15) is 5.75 Å². The highest BCUT2D eigenvalue weighted by atomic mass is 35.7. The quantitative estimate of drug-likeness (QED) is 0.803. The van der Waals surface area contributed by atoms with E-state index in [2.05, 4.69) is 4.98 Å². The maximum atomic E-state index is 10.8. The zero-order chi connectivity index (χ0) is 10.2. The second-order valence-electron chi connectivity index (χ2n) is 3.07. The molecule has 0 saturated carbocycles. The van der Waals surface area contributed by atoms with Crippen LogP contribution in [-0.4, -0.2) is 13.4 Å². The first-order valence-corrected chi connectivity index (χ1v) is 6.51. The summed E-state index contributed by atoms with van der Waals surface area (Å²) in [5.41, 5.74) is 1.53. The summed E-state index contributed by atoms with van der Waals surface area (Å²) in [6.45, 7) is 0. The van der Waals surface area contributed by atoms with E-state index in [1.165, 1.54) is 0 Å². The van der Waals surface area contributed by atoms with Gasteiger partial charge in [-0.2, -0.15) is 0 Å². The van der Waals surface area contributed by atoms with Crippen LogP contribution < -0.4 is 0 Å². The minimum Gasteiger partial charge on any atom is -0.358 e. The van der Waals surface area contributed by atoms with E-state index < -0.39 is 9.05 Å². The van der Waals surface area contributed by atoms with Gasteiger partial charge in [0.05, 0.1) is 0 Å². The average Bonchev–Trinajstić information content (AvgIpc) is 2.42. The van der Waals surface area contributed by atoms with E-state index in [1.54, 1.807) is 6.07 Å². The number of fused-ring (bicyclic) bond motifs is 1. The molecule has 0 saturated heterocycles. The molecule has 0 fully saturated rings. The van der Waals surface area contributed by atoms with E-state index in [1.807, 2.05) is 24.3 Å². The van der Waals surface area contributed by atoms with Crippen LogP contribution in [0.3, 0.4) is 0 Å². The molecular formula is C9H8ClNO2S. The van der Waals surface area contributed by atoms with Gasteiger partial charge in [0.25, 0.3) is 0 Å². The molecule has 0 bridgehead atoms. The smallest absolute Gasteiger partial charge is 0.238 e. The van der Waals surface area contributed by atoms with Crippen LogP contribution in [0.25, 0.3) is 10.9 Å². The summed E-state index contributed by atoms with van der Waals surface area (Å²) in [7, 11) is 1.66. The Balaban J connectivity index is 2.46. The van der Waals surface area contributed by atoms with E-state index in [0.29, 0.717) is 5.69 Å². The maximum Gasteiger partial charge on any atom is 0.238 e. The Morgan fingerprint density at radius 1 is 1.29 bits per heavy atom. The van der Waals surface area contributed by atoms with E-state index in [0.717, 1.165) is 10.9 Å². The van der Waals surface area contributed by atoms with Gasteiger partial charge in [0, 0.05) is 21.9 Å². The van der Waals surface area contributed by atoms with Gasteiger partial charge < -0.3 is 4.98 Å². The first-order chi connectivity index (χ1) is 6.54. The number of aromatic nitrogens is 1. The van der Waals surface area contributed by atoms with Gasteiger partial charge in [-0.3, -0.25) is 0 Å². The van der Waals surface area contributed by atoms with E-state index >= 15 is 0 Å². The van der Waals surface area contributed by atoms with Crippen LogP contribution in [0.4, 0.5) is 0 Å². The van der Waals surface area contributed by atoms with Crippen molar-refractivity contribution in [2.45, 2.75) is 5.75 Å². The summed E-state index contributed by atoms with van der Waals surface area (Å²) in [5, 5.41) is 0.989. The summed E-state index contributed by atoms with van der Waals surface area (Å²) in [4.78, 5) is 2.99. The normalized spacial score (nSPS) is 12.1. The van der Waals surface area contributed by atoms with Crippen molar-refractivity contribution in [3.05, 3.63) is 36.0 Å². The lowest BCUT2D eigenvalue weighted by atomic mass is 10.2. The molecule has 0 atom stereocenters. The molecule has 1 aromatic carbocycles. The summed E-state index contributed by atoms with van der Waals surface area (Å²) in [5.74, 6) is -0.163. The minimum absolute atomic E-state index is 0.163. The van der Waals surface area contributed by atoms with Crippen LogP contribution in [-0.2, 0) is 14.8 Å². The molecular weight excluding hydrogens is 222 g/mol. The number of halogens is 1. The maximum absolute atomic E-state index is 10.8. The number of hydrogen-bond acceptors (Lipinski definition) is 2. The summed E-state index contributed by atoms with van der Waals surface area (Å²) in [6.07, 6.45) is 0. The van der Waals surface area contributed by atoms with Crippen molar-refractivity contribution in [3.63, 3.8) is 0 Å². The number of benzene rings is 1. The van der Waals surface area contributed by atoms with Crippen molar-refractivity contribution in [1.82, 2.24) is 4.98 Å². The van der Waals surface area contributed by atoms with E-state index in [-0.39, 0.29) is 5.75 Å². The predicted molar refractivity (Wildman–Crippen MR) is 56.8 cm³/mol. The Kier molecular flexibility index (Phi) is 2.25. The molecule has 5 heteroatoms. The molecule has 0 aliphatic heterocycles. The number of H-pyrrole nitrogens is 1. The lowest BCUT2D eigenvalue weighted by molar-refractivity contribution is 0.608. The molecule has 0 unspecified atom stereocenters. The lowest BCUT2D eigenvalue weighted by Gasteiger charge is -1.90. The Morgan fingerprint density at radius 2 is 2.00 bits per heavy atom. The molecule has 2 rings (SSSR count). The van der Waals surface area contributed by atoms with Crippen LogP contribution in [0.2, 0.25) is 0 Å². The third-order valence-corrected chi connectivity index (χ3v) is 2.90. The third kappa shape index (κ3) is 2.08. The van der Waals surface area contributed by atoms with Crippen molar-refractivity contribution in [2.75, 3.05) is 0 Å². The fraction of sp³-hybridized carbons (Fsp3) is 0.111. The van der Waals surface area contributed by atoms with Crippen molar-refractivity contribution in [3.8, 4) is 0 Å². The van der Waals surface area contributed by atoms with Gasteiger partial charge in [-0.15, -0.1) is 0 Å². The van der Waals surface area contributed by atoms with Gasteiger partial charge >= 0.3 is 0 Å². The average molecular weight is 230 g/mol. The van der Waals surface area contributed by atoms with Gasteiger partial charge in [-0.1, -0.05) is 18.2 Å². The molecule has 1 N–H and O–H groups in total. The second kappa shape index (κ2) is 3.29. The highest BCUT2D eigenvalue weighted by molar-refractivity contribution is 8.13. The zero-order valence-corrected chi connectivity index (χ0v) is 8.77. The van der Waals surface area contributed by atoms with Crippen LogP contribution in [0.1, 0.15) is 5.69 Å². The Labute approximate surface area is 86.1 Å². The van der Waals surface area contributed by atoms with Crippen LogP contribution in [0.15, 0.2) is 30.3 Å².